The van der Waals surface area contributed by atoms with Crippen LogP contribution in [-0.4, -0.2) is 63.0 Å². The van der Waals surface area contributed by atoms with Gasteiger partial charge in [0, 0.05) is 55.2 Å². The smallest absolute Gasteiger partial charge is 0.268 e. The molecule has 4 heterocycles. The molecule has 38 heavy (non-hydrogen) atoms. The predicted molar refractivity (Wildman–Crippen MR) is 154 cm³/mol. The first-order valence-electron chi connectivity index (χ1n) is 13.1. The van der Waals surface area contributed by atoms with E-state index >= 15 is 0 Å². The number of carbonyl (C=O) groups excluding carboxylic acids is 2. The Labute approximate surface area is 223 Å². The van der Waals surface area contributed by atoms with Gasteiger partial charge in [0.05, 0.1) is 0 Å². The van der Waals surface area contributed by atoms with Gasteiger partial charge in [-0.2, -0.15) is 5.26 Å². The first kappa shape index (κ1) is 23.4. The number of nitrogens with zero attached hydrogens (tertiary/aromatic N) is 4. The molecule has 0 radical (unpaired) electrons. The van der Waals surface area contributed by atoms with Gasteiger partial charge in [-0.05, 0) is 100 Å². The highest BCUT2D eigenvalue weighted by molar-refractivity contribution is 8.48. The topological polar surface area (TPSA) is 67.6 Å². The van der Waals surface area contributed by atoms with Crippen molar-refractivity contribution >= 4 is 32.7 Å². The number of hydrogen-bond donors (Lipinski definition) is 1. The molecule has 4 aliphatic heterocycles. The van der Waals surface area contributed by atoms with Crippen LogP contribution in [-0.2, 0) is 18.4 Å². The summed E-state index contributed by atoms with van der Waals surface area (Å²) >= 11 is 0. The Balaban J connectivity index is 1.71. The van der Waals surface area contributed by atoms with Crippen LogP contribution in [0.15, 0.2) is 52.3 Å². The highest BCUT2D eigenvalue weighted by atomic mass is 32.3. The molecule has 7 rings (SSSR count). The summed E-state index contributed by atoms with van der Waals surface area (Å²) in [6.07, 6.45) is 12.2. The monoisotopic (exact) mass is 524 g/mol. The largest absolute Gasteiger partial charge is 0.374 e. The lowest BCUT2D eigenvalue weighted by molar-refractivity contribution is 0.0785. The minimum absolute atomic E-state index is 0.308. The highest BCUT2D eigenvalue weighted by Crippen LogP contribution is 2.80. The zero-order valence-corrected chi connectivity index (χ0v) is 23.4. The molecule has 0 atom stereocenters. The molecule has 4 aliphatic rings. The number of fused-ring (bicyclic) bond motifs is 8. The number of hydrogen-bond acceptors (Lipinski definition) is 5. The predicted octanol–water partition coefficient (Wildman–Crippen LogP) is 4.41. The molecule has 1 amide bonds. The first-order chi connectivity index (χ1) is 18.0. The molecule has 0 aliphatic carbocycles. The van der Waals surface area contributed by atoms with Crippen molar-refractivity contribution in [2.75, 3.05) is 55.8 Å². The first-order valence-corrected chi connectivity index (χ1v) is 16.7. The fraction of sp³-hybridized carbons (Fsp3) is 0.323. The minimum atomic E-state index is -2.76. The van der Waals surface area contributed by atoms with Gasteiger partial charge in [0.25, 0.3) is 5.91 Å². The van der Waals surface area contributed by atoms with Crippen molar-refractivity contribution in [1.29, 1.82) is 5.26 Å². The van der Waals surface area contributed by atoms with E-state index in [1.54, 1.807) is 12.1 Å². The maximum atomic E-state index is 13.9. The number of benzene rings is 3. The van der Waals surface area contributed by atoms with Crippen molar-refractivity contribution < 1.29 is 9.59 Å². The van der Waals surface area contributed by atoms with Gasteiger partial charge in [-0.1, -0.05) is 6.07 Å². The van der Waals surface area contributed by atoms with Gasteiger partial charge in [0.2, 0.25) is 0 Å². The maximum Gasteiger partial charge on any atom is 0.268 e. The lowest BCUT2D eigenvalue weighted by Gasteiger charge is -2.61. The second-order valence-electron chi connectivity index (χ2n) is 12.5. The Morgan fingerprint density at radius 2 is 1.42 bits per heavy atom. The van der Waals surface area contributed by atoms with Crippen molar-refractivity contribution in [2.24, 2.45) is 0 Å². The van der Waals surface area contributed by atoms with Gasteiger partial charge in [-0.3, -0.25) is 9.59 Å². The zero-order valence-electron chi connectivity index (χ0n) is 22.5. The molecule has 0 saturated carbocycles. The Hall–Kier alpha value is -3.76. The normalized spacial score (nSPS) is 24.2. The van der Waals surface area contributed by atoms with E-state index in [1.165, 1.54) is 37.2 Å². The maximum absolute atomic E-state index is 13.9. The standard InChI is InChI=1S/C31H32N4O2S/c1-33-10-8-20-13-24-28(15-26(20)33)38(3,4,5)29-16-27-21(9-11-34(27)2)14-25(29)31(24)23-12-19(17-36)6-7-22(23)30(37)35(31)18-32/h6-7,12-17,38H,8-11H2,1-5H3. The molecule has 3 aromatic carbocycles. The molecule has 6 nitrogen and oxygen atoms in total. The molecular weight excluding hydrogens is 492 g/mol. The van der Waals surface area contributed by atoms with E-state index in [0.717, 1.165) is 48.9 Å². The molecule has 0 fully saturated rings. The quantitative estimate of drug-likeness (QED) is 0.290. The van der Waals surface area contributed by atoms with E-state index in [2.05, 4.69) is 73.1 Å². The van der Waals surface area contributed by atoms with Crippen LogP contribution >= 0.6 is 9.16 Å². The molecule has 194 valence electrons. The summed E-state index contributed by atoms with van der Waals surface area (Å²) in [5.74, 6) is -0.308. The van der Waals surface area contributed by atoms with Gasteiger partial charge in [0.15, 0.2) is 6.19 Å². The fourth-order valence-corrected chi connectivity index (χ4v) is 11.0. The van der Waals surface area contributed by atoms with Crippen LogP contribution in [0, 0.1) is 11.5 Å². The lowest BCUT2D eigenvalue weighted by Crippen LogP contribution is -2.47. The summed E-state index contributed by atoms with van der Waals surface area (Å²) in [6, 6.07) is 14.5. The van der Waals surface area contributed by atoms with Crippen LogP contribution in [0.4, 0.5) is 11.4 Å². The van der Waals surface area contributed by atoms with Gasteiger partial charge >= 0.3 is 0 Å². The van der Waals surface area contributed by atoms with Crippen LogP contribution in [0.5, 0.6) is 0 Å². The van der Waals surface area contributed by atoms with Gasteiger partial charge in [0.1, 0.15) is 11.8 Å². The van der Waals surface area contributed by atoms with Crippen LogP contribution < -0.4 is 9.80 Å². The van der Waals surface area contributed by atoms with Crippen molar-refractivity contribution in [3.05, 3.63) is 81.4 Å². The SMILES string of the molecule is CN1CCc2cc3c(cc21)[SH](C)(C)(C)c1cc2c(cc1C31c3cc(C=O)ccc3C(=O)N1C#N)CCN2C. The van der Waals surface area contributed by atoms with E-state index in [4.69, 9.17) is 0 Å². The third kappa shape index (κ3) is 2.54. The Kier molecular flexibility index (Phi) is 4.31. The average molecular weight is 525 g/mol. The number of rotatable bonds is 1. The average Bonchev–Trinajstić information content (AvgIpc) is 3.53. The summed E-state index contributed by atoms with van der Waals surface area (Å²) in [6.45, 7) is 1.88. The summed E-state index contributed by atoms with van der Waals surface area (Å²) < 4.78 is 0. The van der Waals surface area contributed by atoms with Gasteiger partial charge < -0.3 is 9.80 Å². The molecule has 1 spiro atoms. The van der Waals surface area contributed by atoms with Crippen LogP contribution in [0.25, 0.3) is 0 Å². The summed E-state index contributed by atoms with van der Waals surface area (Å²) in [5, 5.41) is 10.6. The van der Waals surface area contributed by atoms with E-state index in [1.807, 2.05) is 6.07 Å². The number of thiol groups is 1. The number of amides is 1. The second kappa shape index (κ2) is 7.00. The molecular formula is C31H32N4O2S. The number of aldehydes is 1. The van der Waals surface area contributed by atoms with Crippen molar-refractivity contribution in [1.82, 2.24) is 4.90 Å². The van der Waals surface area contributed by atoms with Gasteiger partial charge in [-0.15, -0.1) is 0 Å². The summed E-state index contributed by atoms with van der Waals surface area (Å²) in [7, 11) is 1.51. The van der Waals surface area contributed by atoms with E-state index < -0.39 is 14.7 Å². The zero-order chi connectivity index (χ0) is 26.8. The fourth-order valence-electron chi connectivity index (χ4n) is 7.49. The molecule has 3 aromatic rings. The molecule has 0 aromatic heterocycles. The van der Waals surface area contributed by atoms with Crippen LogP contribution in [0.2, 0.25) is 0 Å². The van der Waals surface area contributed by atoms with Crippen LogP contribution in [0.3, 0.4) is 0 Å². The third-order valence-corrected chi connectivity index (χ3v) is 13.7. The van der Waals surface area contributed by atoms with Gasteiger partial charge in [-0.25, -0.2) is 14.1 Å². The van der Waals surface area contributed by atoms with Crippen molar-refractivity contribution in [2.45, 2.75) is 28.2 Å². The third-order valence-electron chi connectivity index (χ3n) is 9.55. The molecule has 0 N–H and O–H groups in total. The number of anilines is 2. The summed E-state index contributed by atoms with van der Waals surface area (Å²) in [4.78, 5) is 34.4. The van der Waals surface area contributed by atoms with E-state index in [-0.39, 0.29) is 5.91 Å². The Morgan fingerprint density at radius 3 is 1.92 bits per heavy atom. The lowest BCUT2D eigenvalue weighted by atomic mass is 9.75. The Bertz CT molecular complexity index is 1600. The van der Waals surface area contributed by atoms with E-state index in [0.29, 0.717) is 11.1 Å². The van der Waals surface area contributed by atoms with Crippen LogP contribution in [0.1, 0.15) is 48.5 Å². The molecule has 0 bridgehead atoms. The summed E-state index contributed by atoms with van der Waals surface area (Å²) in [5.41, 5.74) is 7.62. The Morgan fingerprint density at radius 1 is 0.868 bits per heavy atom. The van der Waals surface area contributed by atoms with E-state index in [9.17, 15) is 14.9 Å². The second-order valence-corrected chi connectivity index (χ2v) is 19.1. The number of carbonyl (C=O) groups is 2. The molecule has 0 saturated heterocycles. The highest BCUT2D eigenvalue weighted by Gasteiger charge is 2.60. The van der Waals surface area contributed by atoms with Crippen molar-refractivity contribution in [3.63, 3.8) is 0 Å². The molecule has 7 heteroatoms. The molecule has 0 unspecified atom stereocenters. The number of likely N-dealkylation sites (N-methyl/N-ethyl adjacent to an activating group) is 2. The van der Waals surface area contributed by atoms with Crippen molar-refractivity contribution in [3.8, 4) is 6.19 Å². The number of nitriles is 1. The minimum Gasteiger partial charge on any atom is -0.374 e.